The fraction of sp³-hybridized carbons (Fsp3) is 0.769. The number of nitrogens with one attached hydrogen (secondary N) is 2. The minimum atomic E-state index is -5.14. The molecule has 0 radical (unpaired) electrons. The molecule has 0 aromatic carbocycles. The Balaban J connectivity index is 3.12. The standard InChI is InChI=1S/C13H20F3N3O3/c1-7(2)5-9(20)17-12(13(14,15)16)10(21)19(6-8(3)4)11(22)18-12/h7-8H,5-6H2,1-4H3,(H,17,20)(H,18,22)/t12-/m1/s1. The van der Waals surface area contributed by atoms with Crippen molar-refractivity contribution in [3.8, 4) is 0 Å². The number of amides is 4. The molecule has 22 heavy (non-hydrogen) atoms. The zero-order valence-corrected chi connectivity index (χ0v) is 12.9. The maximum atomic E-state index is 13.4. The number of imide groups is 1. The Morgan fingerprint density at radius 2 is 1.77 bits per heavy atom. The zero-order valence-electron chi connectivity index (χ0n) is 12.9. The minimum absolute atomic E-state index is 0.164. The van der Waals surface area contributed by atoms with Crippen LogP contribution in [0.1, 0.15) is 34.1 Å². The summed E-state index contributed by atoms with van der Waals surface area (Å²) in [5, 5.41) is 3.26. The summed E-state index contributed by atoms with van der Waals surface area (Å²) in [6.45, 7) is 6.46. The van der Waals surface area contributed by atoms with Crippen LogP contribution in [0.2, 0.25) is 0 Å². The van der Waals surface area contributed by atoms with Crippen LogP contribution < -0.4 is 10.6 Å². The summed E-state index contributed by atoms with van der Waals surface area (Å²) < 4.78 is 40.1. The molecule has 1 heterocycles. The third-order valence-electron chi connectivity index (χ3n) is 3.00. The summed E-state index contributed by atoms with van der Waals surface area (Å²) in [4.78, 5) is 36.1. The summed E-state index contributed by atoms with van der Waals surface area (Å²) in [5.74, 6) is -2.85. The third-order valence-corrected chi connectivity index (χ3v) is 3.00. The lowest BCUT2D eigenvalue weighted by Gasteiger charge is -2.30. The van der Waals surface area contributed by atoms with E-state index in [2.05, 4.69) is 0 Å². The molecule has 0 saturated carbocycles. The second-order valence-corrected chi connectivity index (χ2v) is 6.13. The van der Waals surface area contributed by atoms with Gasteiger partial charge in [-0.25, -0.2) is 4.79 Å². The Morgan fingerprint density at radius 1 is 1.23 bits per heavy atom. The number of alkyl halides is 3. The molecular formula is C13H20F3N3O3. The molecule has 4 amide bonds. The summed E-state index contributed by atoms with van der Waals surface area (Å²) >= 11 is 0. The van der Waals surface area contributed by atoms with Crippen molar-refractivity contribution in [2.75, 3.05) is 6.54 Å². The van der Waals surface area contributed by atoms with Gasteiger partial charge in [-0.15, -0.1) is 0 Å². The highest BCUT2D eigenvalue weighted by Gasteiger charge is 2.68. The Kier molecular flexibility index (Phi) is 5.09. The average molecular weight is 323 g/mol. The van der Waals surface area contributed by atoms with E-state index >= 15 is 0 Å². The molecule has 6 nitrogen and oxygen atoms in total. The topological polar surface area (TPSA) is 78.5 Å². The van der Waals surface area contributed by atoms with Crippen molar-refractivity contribution in [1.29, 1.82) is 0 Å². The summed E-state index contributed by atoms with van der Waals surface area (Å²) in [6, 6.07) is -1.17. The average Bonchev–Trinajstić information content (AvgIpc) is 2.52. The molecule has 0 aliphatic carbocycles. The van der Waals surface area contributed by atoms with Gasteiger partial charge >= 0.3 is 12.2 Å². The van der Waals surface area contributed by atoms with Gasteiger partial charge in [0.2, 0.25) is 5.91 Å². The molecule has 0 bridgehead atoms. The van der Waals surface area contributed by atoms with Crippen LogP contribution in [-0.4, -0.2) is 41.1 Å². The molecule has 0 spiro atoms. The van der Waals surface area contributed by atoms with Crippen LogP contribution in [0.15, 0.2) is 0 Å². The van der Waals surface area contributed by atoms with Gasteiger partial charge in [0.1, 0.15) is 0 Å². The van der Waals surface area contributed by atoms with Gasteiger partial charge in [-0.3, -0.25) is 19.8 Å². The predicted octanol–water partition coefficient (Wildman–Crippen LogP) is 1.62. The molecule has 0 aromatic heterocycles. The highest BCUT2D eigenvalue weighted by Crippen LogP contribution is 2.34. The van der Waals surface area contributed by atoms with Crippen molar-refractivity contribution < 1.29 is 27.6 Å². The number of urea groups is 1. The molecule has 1 aliphatic rings. The SMILES string of the molecule is CC(C)CC(=O)N[C@@]1(C(F)(F)F)NC(=O)N(CC(C)C)C1=O. The predicted molar refractivity (Wildman–Crippen MR) is 71.5 cm³/mol. The first-order valence-corrected chi connectivity index (χ1v) is 6.92. The number of hydrogen-bond acceptors (Lipinski definition) is 3. The van der Waals surface area contributed by atoms with E-state index in [1.165, 1.54) is 0 Å². The first-order valence-electron chi connectivity index (χ1n) is 6.92. The largest absolute Gasteiger partial charge is 0.440 e. The molecular weight excluding hydrogens is 303 g/mol. The second-order valence-electron chi connectivity index (χ2n) is 6.13. The number of hydrogen-bond donors (Lipinski definition) is 2. The van der Waals surface area contributed by atoms with Gasteiger partial charge in [0, 0.05) is 13.0 Å². The van der Waals surface area contributed by atoms with E-state index in [1.807, 2.05) is 0 Å². The zero-order chi connectivity index (χ0) is 17.3. The summed E-state index contributed by atoms with van der Waals surface area (Å²) in [5.41, 5.74) is -3.38. The molecule has 2 N–H and O–H groups in total. The van der Waals surface area contributed by atoms with Crippen LogP contribution in [0, 0.1) is 11.8 Å². The maximum absolute atomic E-state index is 13.4. The van der Waals surface area contributed by atoms with Crippen molar-refractivity contribution in [2.24, 2.45) is 11.8 Å². The number of carbonyl (C=O) groups excluding carboxylic acids is 3. The van der Waals surface area contributed by atoms with Crippen molar-refractivity contribution in [2.45, 2.75) is 46.0 Å². The molecule has 1 aliphatic heterocycles. The normalized spacial score (nSPS) is 22.5. The van der Waals surface area contributed by atoms with E-state index < -0.39 is 29.7 Å². The van der Waals surface area contributed by atoms with Gasteiger partial charge in [0.25, 0.3) is 11.6 Å². The molecule has 1 saturated heterocycles. The van der Waals surface area contributed by atoms with Gasteiger partial charge in [-0.05, 0) is 11.8 Å². The molecule has 9 heteroatoms. The second kappa shape index (κ2) is 6.13. The molecule has 1 atom stereocenters. The van der Waals surface area contributed by atoms with Crippen LogP contribution in [0.5, 0.6) is 0 Å². The quantitative estimate of drug-likeness (QED) is 0.755. The number of carbonyl (C=O) groups is 3. The van der Waals surface area contributed by atoms with E-state index in [1.54, 1.807) is 38.3 Å². The van der Waals surface area contributed by atoms with Crippen LogP contribution in [-0.2, 0) is 9.59 Å². The van der Waals surface area contributed by atoms with Crippen LogP contribution in [0.3, 0.4) is 0 Å². The third kappa shape index (κ3) is 3.50. The van der Waals surface area contributed by atoms with E-state index in [0.29, 0.717) is 4.90 Å². The van der Waals surface area contributed by atoms with Gasteiger partial charge in [-0.1, -0.05) is 27.7 Å². The van der Waals surface area contributed by atoms with E-state index in [9.17, 15) is 27.6 Å². The molecule has 0 aromatic rings. The molecule has 1 rings (SSSR count). The Bertz CT molecular complexity index is 477. The first-order chi connectivity index (χ1) is 9.90. The fourth-order valence-electron chi connectivity index (χ4n) is 2.09. The smallest absolute Gasteiger partial charge is 0.318 e. The van der Waals surface area contributed by atoms with Gasteiger partial charge in [0.15, 0.2) is 0 Å². The van der Waals surface area contributed by atoms with Gasteiger partial charge < -0.3 is 5.32 Å². The highest BCUT2D eigenvalue weighted by molar-refractivity contribution is 6.08. The van der Waals surface area contributed by atoms with E-state index in [4.69, 9.17) is 0 Å². The maximum Gasteiger partial charge on any atom is 0.440 e. The Morgan fingerprint density at radius 3 is 2.18 bits per heavy atom. The first kappa shape index (κ1) is 18.2. The van der Waals surface area contributed by atoms with E-state index in [0.717, 1.165) is 0 Å². The van der Waals surface area contributed by atoms with Gasteiger partial charge in [0.05, 0.1) is 0 Å². The molecule has 0 unspecified atom stereocenters. The Labute approximate surface area is 126 Å². The highest BCUT2D eigenvalue weighted by atomic mass is 19.4. The number of rotatable bonds is 5. The molecule has 1 fully saturated rings. The van der Waals surface area contributed by atoms with Crippen molar-refractivity contribution >= 4 is 17.8 Å². The summed E-state index contributed by atoms with van der Waals surface area (Å²) in [7, 11) is 0. The van der Waals surface area contributed by atoms with Crippen LogP contribution in [0.25, 0.3) is 0 Å². The van der Waals surface area contributed by atoms with Gasteiger partial charge in [-0.2, -0.15) is 13.2 Å². The number of nitrogens with zero attached hydrogens (tertiary/aromatic N) is 1. The number of halogens is 3. The lowest BCUT2D eigenvalue weighted by Crippen LogP contribution is -2.69. The fourth-order valence-corrected chi connectivity index (χ4v) is 2.09. The van der Waals surface area contributed by atoms with Crippen LogP contribution in [0.4, 0.5) is 18.0 Å². The molecule has 126 valence electrons. The van der Waals surface area contributed by atoms with E-state index in [-0.39, 0.29) is 24.8 Å². The lowest BCUT2D eigenvalue weighted by molar-refractivity contribution is -0.204. The summed E-state index contributed by atoms with van der Waals surface area (Å²) in [6.07, 6.45) is -5.33. The monoisotopic (exact) mass is 323 g/mol. The van der Waals surface area contributed by atoms with Crippen molar-refractivity contribution in [1.82, 2.24) is 15.5 Å². The van der Waals surface area contributed by atoms with Crippen LogP contribution >= 0.6 is 0 Å². The lowest BCUT2D eigenvalue weighted by atomic mass is 10.1. The van der Waals surface area contributed by atoms with Crippen molar-refractivity contribution in [3.63, 3.8) is 0 Å². The minimum Gasteiger partial charge on any atom is -0.318 e. The van der Waals surface area contributed by atoms with Crippen molar-refractivity contribution in [3.05, 3.63) is 0 Å². The Hall–Kier alpha value is -1.80.